The molecular weight excluding hydrogens is 226 g/mol. The van der Waals surface area contributed by atoms with E-state index in [0.717, 1.165) is 10.6 Å². The van der Waals surface area contributed by atoms with Gasteiger partial charge in [0.25, 0.3) is 0 Å². The maximum Gasteiger partial charge on any atom is 0.320 e. The van der Waals surface area contributed by atoms with Gasteiger partial charge in [0.2, 0.25) is 5.91 Å². The SMILES string of the molecule is COC(=O)C(C)(C)C(=O)Nc1sccc1C. The number of thiophene rings is 1. The summed E-state index contributed by atoms with van der Waals surface area (Å²) >= 11 is 1.43. The summed E-state index contributed by atoms with van der Waals surface area (Å²) in [6, 6.07) is 1.91. The molecule has 1 rings (SSSR count). The normalized spacial score (nSPS) is 11.0. The molecular formula is C11H15NO3S. The van der Waals surface area contributed by atoms with Crippen LogP contribution in [0.4, 0.5) is 5.00 Å². The number of ether oxygens (including phenoxy) is 1. The lowest BCUT2D eigenvalue weighted by atomic mass is 9.92. The van der Waals surface area contributed by atoms with Crippen LogP contribution in [0, 0.1) is 12.3 Å². The summed E-state index contributed by atoms with van der Waals surface area (Å²) in [5.74, 6) is -0.899. The molecule has 4 nitrogen and oxygen atoms in total. The third-order valence-corrected chi connectivity index (χ3v) is 3.28. The summed E-state index contributed by atoms with van der Waals surface area (Å²) in [6.07, 6.45) is 0. The highest BCUT2D eigenvalue weighted by atomic mass is 32.1. The zero-order chi connectivity index (χ0) is 12.3. The number of aryl methyl sites for hydroxylation is 1. The van der Waals surface area contributed by atoms with Crippen molar-refractivity contribution in [3.63, 3.8) is 0 Å². The zero-order valence-corrected chi connectivity index (χ0v) is 10.6. The van der Waals surface area contributed by atoms with Gasteiger partial charge in [-0.25, -0.2) is 0 Å². The highest BCUT2D eigenvalue weighted by molar-refractivity contribution is 7.14. The Morgan fingerprint density at radius 3 is 2.50 bits per heavy atom. The van der Waals surface area contributed by atoms with E-state index in [2.05, 4.69) is 10.1 Å². The van der Waals surface area contributed by atoms with Gasteiger partial charge in [-0.3, -0.25) is 9.59 Å². The molecule has 0 aliphatic carbocycles. The van der Waals surface area contributed by atoms with Crippen LogP contribution < -0.4 is 5.32 Å². The molecule has 1 aromatic rings. The van der Waals surface area contributed by atoms with Gasteiger partial charge in [-0.15, -0.1) is 11.3 Å². The van der Waals surface area contributed by atoms with Crippen molar-refractivity contribution in [2.45, 2.75) is 20.8 Å². The van der Waals surface area contributed by atoms with Crippen LogP contribution in [-0.4, -0.2) is 19.0 Å². The van der Waals surface area contributed by atoms with Crippen LogP contribution in [0.2, 0.25) is 0 Å². The highest BCUT2D eigenvalue weighted by Gasteiger charge is 2.37. The standard InChI is InChI=1S/C11H15NO3S/c1-7-5-6-16-8(7)12-9(13)11(2,3)10(14)15-4/h5-6H,1-4H3,(H,12,13). The maximum absolute atomic E-state index is 11.9. The predicted octanol–water partition coefficient (Wildman–Crippen LogP) is 2.19. The van der Waals surface area contributed by atoms with Crippen molar-refractivity contribution >= 4 is 28.2 Å². The van der Waals surface area contributed by atoms with Crippen LogP contribution in [0.25, 0.3) is 0 Å². The fourth-order valence-electron chi connectivity index (χ4n) is 1.11. The Kier molecular flexibility index (Phi) is 3.70. The second-order valence-electron chi connectivity index (χ2n) is 4.00. The third kappa shape index (κ3) is 2.41. The summed E-state index contributed by atoms with van der Waals surface area (Å²) in [7, 11) is 1.27. The highest BCUT2D eigenvalue weighted by Crippen LogP contribution is 2.25. The van der Waals surface area contributed by atoms with Crippen LogP contribution in [0.15, 0.2) is 11.4 Å². The largest absolute Gasteiger partial charge is 0.468 e. The summed E-state index contributed by atoms with van der Waals surface area (Å²) < 4.78 is 4.59. The first-order chi connectivity index (χ1) is 7.39. The van der Waals surface area contributed by atoms with Crippen molar-refractivity contribution in [2.75, 3.05) is 12.4 Å². The van der Waals surface area contributed by atoms with E-state index in [1.807, 2.05) is 18.4 Å². The van der Waals surface area contributed by atoms with Crippen LogP contribution in [0.5, 0.6) is 0 Å². The van der Waals surface area contributed by atoms with Crippen molar-refractivity contribution in [2.24, 2.45) is 5.41 Å². The minimum atomic E-state index is -1.18. The van der Waals surface area contributed by atoms with E-state index >= 15 is 0 Å². The first kappa shape index (κ1) is 12.7. The number of carbonyl (C=O) groups is 2. The molecule has 0 radical (unpaired) electrons. The molecule has 1 heterocycles. The molecule has 0 fully saturated rings. The Morgan fingerprint density at radius 2 is 2.06 bits per heavy atom. The number of nitrogens with one attached hydrogen (secondary N) is 1. The van der Waals surface area contributed by atoms with E-state index in [1.165, 1.54) is 32.3 Å². The van der Waals surface area contributed by atoms with Gasteiger partial charge in [0.1, 0.15) is 5.41 Å². The fraction of sp³-hybridized carbons (Fsp3) is 0.455. The van der Waals surface area contributed by atoms with Gasteiger partial charge in [0.05, 0.1) is 12.1 Å². The fourth-order valence-corrected chi connectivity index (χ4v) is 1.92. The Morgan fingerprint density at radius 1 is 1.44 bits per heavy atom. The number of hydrogen-bond acceptors (Lipinski definition) is 4. The summed E-state index contributed by atoms with van der Waals surface area (Å²) in [5, 5.41) is 5.38. The molecule has 0 atom stereocenters. The first-order valence-electron chi connectivity index (χ1n) is 4.83. The van der Waals surface area contributed by atoms with Crippen LogP contribution in [0.3, 0.4) is 0 Å². The molecule has 5 heteroatoms. The van der Waals surface area contributed by atoms with Gasteiger partial charge in [-0.05, 0) is 37.8 Å². The number of hydrogen-bond donors (Lipinski definition) is 1. The number of esters is 1. The molecule has 16 heavy (non-hydrogen) atoms. The lowest BCUT2D eigenvalue weighted by molar-refractivity contribution is -0.154. The number of anilines is 1. The molecule has 0 bridgehead atoms. The molecule has 0 aliphatic heterocycles. The number of rotatable bonds is 3. The van der Waals surface area contributed by atoms with E-state index < -0.39 is 11.4 Å². The molecule has 0 saturated carbocycles. The van der Waals surface area contributed by atoms with Crippen LogP contribution >= 0.6 is 11.3 Å². The average molecular weight is 241 g/mol. The summed E-state index contributed by atoms with van der Waals surface area (Å²) in [6.45, 7) is 4.98. The van der Waals surface area contributed by atoms with E-state index in [1.54, 1.807) is 0 Å². The van der Waals surface area contributed by atoms with E-state index in [4.69, 9.17) is 0 Å². The molecule has 1 N–H and O–H groups in total. The van der Waals surface area contributed by atoms with Gasteiger partial charge in [0, 0.05) is 0 Å². The van der Waals surface area contributed by atoms with Crippen molar-refractivity contribution < 1.29 is 14.3 Å². The zero-order valence-electron chi connectivity index (χ0n) is 9.79. The second-order valence-corrected chi connectivity index (χ2v) is 4.92. The topological polar surface area (TPSA) is 55.4 Å². The second kappa shape index (κ2) is 4.65. The first-order valence-corrected chi connectivity index (χ1v) is 5.71. The summed E-state index contributed by atoms with van der Waals surface area (Å²) in [4.78, 5) is 23.3. The van der Waals surface area contributed by atoms with Crippen LogP contribution in [0.1, 0.15) is 19.4 Å². The monoisotopic (exact) mass is 241 g/mol. The van der Waals surface area contributed by atoms with E-state index in [-0.39, 0.29) is 5.91 Å². The summed E-state index contributed by atoms with van der Waals surface area (Å²) in [5.41, 5.74) is -0.190. The van der Waals surface area contributed by atoms with Crippen molar-refractivity contribution in [3.8, 4) is 0 Å². The van der Waals surface area contributed by atoms with E-state index in [9.17, 15) is 9.59 Å². The molecule has 1 aromatic heterocycles. The molecule has 88 valence electrons. The lowest BCUT2D eigenvalue weighted by Crippen LogP contribution is -2.38. The predicted molar refractivity (Wildman–Crippen MR) is 63.5 cm³/mol. The van der Waals surface area contributed by atoms with Gasteiger partial charge in [-0.2, -0.15) is 0 Å². The van der Waals surface area contributed by atoms with Crippen LogP contribution in [-0.2, 0) is 14.3 Å². The van der Waals surface area contributed by atoms with Crippen molar-refractivity contribution in [1.29, 1.82) is 0 Å². The Bertz CT molecular complexity index is 409. The van der Waals surface area contributed by atoms with Gasteiger partial charge < -0.3 is 10.1 Å². The molecule has 0 spiro atoms. The van der Waals surface area contributed by atoms with Gasteiger partial charge >= 0.3 is 5.97 Å². The smallest absolute Gasteiger partial charge is 0.320 e. The Balaban J connectivity index is 2.80. The molecule has 0 saturated heterocycles. The molecule has 1 amide bonds. The molecule has 0 aliphatic rings. The minimum Gasteiger partial charge on any atom is -0.468 e. The average Bonchev–Trinajstić information content (AvgIpc) is 2.63. The van der Waals surface area contributed by atoms with Crippen molar-refractivity contribution in [3.05, 3.63) is 17.0 Å². The Labute approximate surface area is 98.6 Å². The molecule has 0 unspecified atom stereocenters. The number of methoxy groups -OCH3 is 1. The lowest BCUT2D eigenvalue weighted by Gasteiger charge is -2.20. The van der Waals surface area contributed by atoms with Crippen molar-refractivity contribution in [1.82, 2.24) is 0 Å². The minimum absolute atomic E-state index is 0.357. The van der Waals surface area contributed by atoms with Gasteiger partial charge in [0.15, 0.2) is 0 Å². The number of carbonyl (C=O) groups excluding carboxylic acids is 2. The molecule has 0 aromatic carbocycles. The number of amides is 1. The Hall–Kier alpha value is -1.36. The maximum atomic E-state index is 11.9. The van der Waals surface area contributed by atoms with Gasteiger partial charge in [-0.1, -0.05) is 0 Å². The van der Waals surface area contributed by atoms with E-state index in [0.29, 0.717) is 0 Å². The quantitative estimate of drug-likeness (QED) is 0.652. The third-order valence-electron chi connectivity index (χ3n) is 2.35.